The van der Waals surface area contributed by atoms with Gasteiger partial charge in [-0.2, -0.15) is 4.31 Å². The average Bonchev–Trinajstić information content (AvgIpc) is 3.42. The Bertz CT molecular complexity index is 1190. The molecular formula is C18H26N5O6S2+. The van der Waals surface area contributed by atoms with Crippen LogP contribution >= 0.6 is 11.3 Å². The maximum atomic E-state index is 12.7. The highest BCUT2D eigenvalue weighted by Crippen LogP contribution is 2.41. The quantitative estimate of drug-likeness (QED) is 0.350. The standard InChI is InChI=1S/C18H25N5O6S2/c1-5-12(14-9-8-11(4)28-14)20-17-16(21-29-23(17)25)19-13-10-30-18(15(13)24)31(26,27)22(6-2)7-3/h8-10,12,20H,5-7H2,1-4H3,(H2-,19,21,24,25)/p+1/t12-/m1/s1. The van der Waals surface area contributed by atoms with Crippen molar-refractivity contribution in [2.45, 2.75) is 44.4 Å². The molecule has 3 aromatic rings. The minimum Gasteiger partial charge on any atom is -0.504 e. The van der Waals surface area contributed by atoms with Crippen molar-refractivity contribution < 1.29 is 27.2 Å². The number of nitrogens with zero attached hydrogens (tertiary/aromatic N) is 2. The predicted molar refractivity (Wildman–Crippen MR) is 116 cm³/mol. The number of furan rings is 1. The number of hydrogen-bond acceptors (Lipinski definition) is 9. The number of anilines is 3. The Hall–Kier alpha value is -2.77. The van der Waals surface area contributed by atoms with Crippen LogP contribution in [0.1, 0.15) is 44.8 Å². The molecule has 170 valence electrons. The van der Waals surface area contributed by atoms with Gasteiger partial charge in [-0.3, -0.25) is 5.32 Å². The van der Waals surface area contributed by atoms with Gasteiger partial charge in [-0.15, -0.1) is 16.0 Å². The number of hydrogen-bond donors (Lipinski definition) is 4. The van der Waals surface area contributed by atoms with Crippen LogP contribution in [0.2, 0.25) is 0 Å². The van der Waals surface area contributed by atoms with Gasteiger partial charge in [0, 0.05) is 18.5 Å². The van der Waals surface area contributed by atoms with E-state index in [4.69, 9.17) is 9.05 Å². The summed E-state index contributed by atoms with van der Waals surface area (Å²) in [5.74, 6) is 1.12. The molecule has 3 heterocycles. The normalized spacial score (nSPS) is 12.9. The van der Waals surface area contributed by atoms with E-state index >= 15 is 0 Å². The molecule has 13 heteroatoms. The van der Waals surface area contributed by atoms with Crippen molar-refractivity contribution in [1.82, 2.24) is 9.46 Å². The molecule has 1 atom stereocenters. The van der Waals surface area contributed by atoms with Gasteiger partial charge in [0.2, 0.25) is 0 Å². The summed E-state index contributed by atoms with van der Waals surface area (Å²) in [4.78, 5) is 12.2. The fraction of sp³-hybridized carbons (Fsp3) is 0.444. The maximum absolute atomic E-state index is 12.7. The largest absolute Gasteiger partial charge is 0.504 e. The molecular weight excluding hydrogens is 446 g/mol. The van der Waals surface area contributed by atoms with Crippen molar-refractivity contribution in [3.8, 4) is 5.75 Å². The molecule has 0 aliphatic carbocycles. The smallest absolute Gasteiger partial charge is 0.367 e. The number of thiophene rings is 1. The van der Waals surface area contributed by atoms with Gasteiger partial charge in [0.15, 0.2) is 14.6 Å². The Balaban J connectivity index is 1.89. The highest BCUT2D eigenvalue weighted by Gasteiger charge is 2.31. The molecule has 0 amide bonds. The van der Waals surface area contributed by atoms with E-state index in [-0.39, 0.29) is 45.3 Å². The lowest BCUT2D eigenvalue weighted by Gasteiger charge is -2.17. The van der Waals surface area contributed by atoms with Gasteiger partial charge >= 0.3 is 5.82 Å². The van der Waals surface area contributed by atoms with Crippen LogP contribution in [0.4, 0.5) is 17.3 Å². The third-order valence-electron chi connectivity index (χ3n) is 4.75. The third kappa shape index (κ3) is 4.48. The van der Waals surface area contributed by atoms with Crippen LogP contribution in [0.25, 0.3) is 0 Å². The van der Waals surface area contributed by atoms with E-state index in [0.717, 1.165) is 17.1 Å². The van der Waals surface area contributed by atoms with Crippen molar-refractivity contribution in [3.63, 3.8) is 0 Å². The van der Waals surface area contributed by atoms with Crippen LogP contribution in [0, 0.1) is 11.8 Å². The van der Waals surface area contributed by atoms with Gasteiger partial charge in [-0.05, 0) is 30.4 Å². The molecule has 4 N–H and O–H groups in total. The molecule has 0 radical (unpaired) electrons. The number of aromatic amines is 1. The zero-order chi connectivity index (χ0) is 22.8. The van der Waals surface area contributed by atoms with E-state index < -0.39 is 15.8 Å². The minimum atomic E-state index is -3.83. The Morgan fingerprint density at radius 2 is 2.00 bits per heavy atom. The summed E-state index contributed by atoms with van der Waals surface area (Å²) < 4.78 is 37.3. The SMILES string of the molecule is CC[C@@H](Nc1c(Nc2csc(S(=O)(=O)N(CC)CC)c2O)[nH]o[n+]1=O)c1ccc(C)o1. The minimum absolute atomic E-state index is 0.0275. The van der Waals surface area contributed by atoms with Crippen molar-refractivity contribution >= 4 is 38.7 Å². The van der Waals surface area contributed by atoms with Crippen LogP contribution in [-0.2, 0) is 10.0 Å². The zero-order valence-electron chi connectivity index (χ0n) is 17.6. The van der Waals surface area contributed by atoms with E-state index in [2.05, 4.69) is 15.8 Å². The van der Waals surface area contributed by atoms with E-state index in [0.29, 0.717) is 12.2 Å². The summed E-state index contributed by atoms with van der Waals surface area (Å²) in [5, 5.41) is 20.3. The molecule has 0 spiro atoms. The first-order chi connectivity index (χ1) is 14.7. The Kier molecular flexibility index (Phi) is 6.77. The van der Waals surface area contributed by atoms with Crippen molar-refractivity contribution in [2.75, 3.05) is 23.7 Å². The second-order valence-corrected chi connectivity index (χ2v) is 9.74. The van der Waals surface area contributed by atoms with Crippen molar-refractivity contribution in [3.05, 3.63) is 33.9 Å². The molecule has 0 aliphatic heterocycles. The van der Waals surface area contributed by atoms with Gasteiger partial charge in [0.05, 0.1) is 5.69 Å². The summed E-state index contributed by atoms with van der Waals surface area (Å²) in [7, 11) is -3.83. The lowest BCUT2D eigenvalue weighted by atomic mass is 10.2. The predicted octanol–water partition coefficient (Wildman–Crippen LogP) is 3.53. The maximum Gasteiger partial charge on any atom is 0.367 e. The average molecular weight is 473 g/mol. The molecule has 0 fully saturated rings. The van der Waals surface area contributed by atoms with Crippen LogP contribution in [0.15, 0.2) is 30.8 Å². The van der Waals surface area contributed by atoms with E-state index in [1.807, 2.05) is 26.0 Å². The number of aromatic nitrogens is 2. The van der Waals surface area contributed by atoms with Crippen LogP contribution in [0.5, 0.6) is 5.75 Å². The van der Waals surface area contributed by atoms with Gasteiger partial charge in [0.25, 0.3) is 15.8 Å². The van der Waals surface area contributed by atoms with E-state index in [9.17, 15) is 18.4 Å². The van der Waals surface area contributed by atoms with E-state index in [1.165, 1.54) is 9.69 Å². The highest BCUT2D eigenvalue weighted by atomic mass is 32.2. The molecule has 3 aromatic heterocycles. The lowest BCUT2D eigenvalue weighted by molar-refractivity contribution is -0.701. The third-order valence-corrected chi connectivity index (χ3v) is 8.29. The summed E-state index contributed by atoms with van der Waals surface area (Å²) >= 11 is 0.885. The summed E-state index contributed by atoms with van der Waals surface area (Å²) in [6, 6.07) is 3.33. The Morgan fingerprint density at radius 3 is 2.58 bits per heavy atom. The van der Waals surface area contributed by atoms with Crippen LogP contribution in [-0.4, -0.2) is 36.1 Å². The molecule has 0 unspecified atom stereocenters. The number of aromatic hydroxyl groups is 1. The van der Waals surface area contributed by atoms with Gasteiger partial charge in [-0.1, -0.05) is 25.9 Å². The number of rotatable bonds is 10. The molecule has 31 heavy (non-hydrogen) atoms. The van der Waals surface area contributed by atoms with E-state index in [1.54, 1.807) is 13.8 Å². The molecule has 0 bridgehead atoms. The number of H-pyrrole nitrogens is 1. The summed E-state index contributed by atoms with van der Waals surface area (Å²) in [6.07, 6.45) is 0.619. The summed E-state index contributed by atoms with van der Waals surface area (Å²) in [5.41, 5.74) is 0.123. The number of sulfonamides is 1. The highest BCUT2D eigenvalue weighted by molar-refractivity contribution is 7.91. The van der Waals surface area contributed by atoms with Crippen molar-refractivity contribution in [1.29, 1.82) is 0 Å². The molecule has 0 aromatic carbocycles. The summed E-state index contributed by atoms with van der Waals surface area (Å²) in [6.45, 7) is 7.76. The van der Waals surface area contributed by atoms with Gasteiger partial charge < -0.3 is 14.8 Å². The van der Waals surface area contributed by atoms with Crippen LogP contribution in [0.3, 0.4) is 0 Å². The van der Waals surface area contributed by atoms with Gasteiger partial charge in [0.1, 0.15) is 17.6 Å². The number of aryl methyl sites for hydroxylation is 1. The molecule has 0 aliphatic rings. The second-order valence-electron chi connectivity index (χ2n) is 6.73. The van der Waals surface area contributed by atoms with Crippen molar-refractivity contribution in [2.24, 2.45) is 0 Å². The first-order valence-corrected chi connectivity index (χ1v) is 12.1. The monoisotopic (exact) mass is 472 g/mol. The Morgan fingerprint density at radius 1 is 1.29 bits per heavy atom. The fourth-order valence-electron chi connectivity index (χ4n) is 3.08. The second kappa shape index (κ2) is 9.16. The Labute approximate surface area is 183 Å². The first kappa shape index (κ1) is 22.9. The topological polar surface area (TPSA) is 147 Å². The number of nitrogens with one attached hydrogen (secondary N) is 3. The molecule has 11 nitrogen and oxygen atoms in total. The fourth-order valence-corrected chi connectivity index (χ4v) is 5.92. The lowest BCUT2D eigenvalue weighted by Crippen LogP contribution is -2.30. The molecule has 3 rings (SSSR count). The van der Waals surface area contributed by atoms with Gasteiger partial charge in [-0.25, -0.2) is 8.42 Å². The molecule has 0 saturated heterocycles. The first-order valence-electron chi connectivity index (χ1n) is 9.77. The molecule has 0 saturated carbocycles. The van der Waals surface area contributed by atoms with Crippen LogP contribution < -0.4 is 15.2 Å². The zero-order valence-corrected chi connectivity index (χ0v) is 19.3.